The Hall–Kier alpha value is -1.15. The van der Waals surface area contributed by atoms with Crippen LogP contribution < -0.4 is 3.87 Å². The average Bonchev–Trinajstić information content (AvgIpc) is 3.25. The topological polar surface area (TPSA) is 3.24 Å². The number of rotatable bonds is 5. The summed E-state index contributed by atoms with van der Waals surface area (Å²) in [6.07, 6.45) is 12.0. The zero-order valence-electron chi connectivity index (χ0n) is 19.7. The zero-order valence-corrected chi connectivity index (χ0v) is 21.2. The molecule has 155 valence electrons. The molecule has 0 fully saturated rings. The molecule has 0 bridgehead atoms. The van der Waals surface area contributed by atoms with E-state index in [-0.39, 0.29) is 10.8 Å². The van der Waals surface area contributed by atoms with E-state index in [1.807, 2.05) is 0 Å². The molecule has 1 nitrogen and oxygen atoms in total. The van der Waals surface area contributed by atoms with Gasteiger partial charge in [0.15, 0.2) is 0 Å². The molecule has 0 saturated heterocycles. The van der Waals surface area contributed by atoms with Gasteiger partial charge in [-0.2, -0.15) is 0 Å². The molecule has 1 aromatic rings. The van der Waals surface area contributed by atoms with Gasteiger partial charge in [-0.3, -0.25) is 0 Å². The normalized spacial score (nSPS) is 17.3. The Labute approximate surface area is 185 Å². The van der Waals surface area contributed by atoms with E-state index in [1.165, 1.54) is 5.56 Å². The molecule has 0 aliphatic heterocycles. The summed E-state index contributed by atoms with van der Waals surface area (Å²) < 4.78 is 5.19. The van der Waals surface area contributed by atoms with E-state index in [4.69, 9.17) is 0 Å². The fraction of sp³-hybridized carbons (Fsp3) is 0.481. The number of hydrogen-bond acceptors (Lipinski definition) is 1. The Morgan fingerprint density at radius 1 is 0.793 bits per heavy atom. The second-order valence-electron chi connectivity index (χ2n) is 10.8. The van der Waals surface area contributed by atoms with E-state index in [9.17, 15) is 0 Å². The monoisotopic (exact) mass is 424 g/mol. The fourth-order valence-electron chi connectivity index (χ4n) is 4.64. The van der Waals surface area contributed by atoms with Crippen LogP contribution in [0.25, 0.3) is 0 Å². The Bertz CT molecular complexity index is 834. The van der Waals surface area contributed by atoms with Gasteiger partial charge in [-0.15, -0.1) is 0 Å². The summed E-state index contributed by atoms with van der Waals surface area (Å²) in [7, 11) is 4.37. The van der Waals surface area contributed by atoms with Crippen molar-refractivity contribution in [2.24, 2.45) is 10.8 Å². The molecule has 0 spiro atoms. The molecule has 0 atom stereocenters. The van der Waals surface area contributed by atoms with Crippen LogP contribution in [0.4, 0.5) is 0 Å². The molecule has 0 radical (unpaired) electrons. The SMILES string of the molecule is CN(C)Cc1cccc[c]1[Ti]([C]1=C(C(C)(C)C)C=CC1)[C]1=C(C(C)(C)C)C=CC1. The van der Waals surface area contributed by atoms with Crippen molar-refractivity contribution in [3.8, 4) is 0 Å². The van der Waals surface area contributed by atoms with Gasteiger partial charge < -0.3 is 0 Å². The molecule has 2 aliphatic carbocycles. The maximum absolute atomic E-state index is 2.45. The van der Waals surface area contributed by atoms with Crippen LogP contribution in [0.2, 0.25) is 0 Å². The van der Waals surface area contributed by atoms with Crippen LogP contribution in [0.3, 0.4) is 0 Å². The fourth-order valence-corrected chi connectivity index (χ4v) is 10.7. The third-order valence-corrected chi connectivity index (χ3v) is 10.8. The van der Waals surface area contributed by atoms with Gasteiger partial charge in [-0.1, -0.05) is 0 Å². The van der Waals surface area contributed by atoms with Crippen LogP contribution in [-0.4, -0.2) is 19.0 Å². The molecule has 0 heterocycles. The molecule has 3 rings (SSSR count). The van der Waals surface area contributed by atoms with Gasteiger partial charge in [0.1, 0.15) is 0 Å². The standard InChI is InChI=1S/C9H12N.2C9H13.Ti/c1-10(2)8-9-6-4-3-5-7-9;2*1-9(2,3)8-6-4-5-7-8;/h3-6H,8H2,1-2H3;2*4,6H,5H2,1-3H3;. The molecular formula is C27H38NTi. The van der Waals surface area contributed by atoms with Gasteiger partial charge in [-0.25, -0.2) is 0 Å². The minimum atomic E-state index is -1.88. The van der Waals surface area contributed by atoms with E-state index in [0.29, 0.717) is 0 Å². The Morgan fingerprint density at radius 2 is 1.28 bits per heavy atom. The second-order valence-corrected chi connectivity index (χ2v) is 14.7. The van der Waals surface area contributed by atoms with E-state index in [1.54, 1.807) is 22.8 Å². The predicted molar refractivity (Wildman–Crippen MR) is 124 cm³/mol. The van der Waals surface area contributed by atoms with E-state index < -0.39 is 17.9 Å². The van der Waals surface area contributed by atoms with Crippen molar-refractivity contribution in [3.05, 3.63) is 73.0 Å². The summed E-state index contributed by atoms with van der Waals surface area (Å²) in [5.74, 6) is 0. The first kappa shape index (κ1) is 22.5. The van der Waals surface area contributed by atoms with Gasteiger partial charge in [0.25, 0.3) is 0 Å². The summed E-state index contributed by atoms with van der Waals surface area (Å²) in [6, 6.07) is 9.30. The third-order valence-electron chi connectivity index (χ3n) is 5.86. The van der Waals surface area contributed by atoms with Crippen LogP contribution in [0.15, 0.2) is 67.5 Å². The van der Waals surface area contributed by atoms with Crippen molar-refractivity contribution in [2.75, 3.05) is 14.1 Å². The van der Waals surface area contributed by atoms with Gasteiger partial charge in [0.05, 0.1) is 0 Å². The first-order valence-corrected chi connectivity index (χ1v) is 13.3. The van der Waals surface area contributed by atoms with E-state index >= 15 is 0 Å². The molecule has 0 aromatic heterocycles. The zero-order chi connectivity index (χ0) is 21.4. The predicted octanol–water partition coefficient (Wildman–Crippen LogP) is 6.51. The van der Waals surface area contributed by atoms with Crippen LogP contribution in [0, 0.1) is 10.8 Å². The summed E-state index contributed by atoms with van der Waals surface area (Å²) >= 11 is -1.88. The van der Waals surface area contributed by atoms with Crippen molar-refractivity contribution in [1.29, 1.82) is 0 Å². The maximum atomic E-state index is 2.45. The molecule has 2 heteroatoms. The summed E-state index contributed by atoms with van der Waals surface area (Å²) in [5.41, 5.74) is 5.12. The van der Waals surface area contributed by atoms with Gasteiger partial charge >= 0.3 is 186 Å². The Balaban J connectivity index is 2.26. The first-order valence-electron chi connectivity index (χ1n) is 10.9. The number of allylic oxidation sites excluding steroid dienone is 8. The molecular weight excluding hydrogens is 386 g/mol. The molecule has 29 heavy (non-hydrogen) atoms. The third kappa shape index (κ3) is 4.96. The first-order chi connectivity index (χ1) is 13.5. The minimum absolute atomic E-state index is 0.200. The van der Waals surface area contributed by atoms with Crippen molar-refractivity contribution in [2.45, 2.75) is 60.9 Å². The van der Waals surface area contributed by atoms with E-state index in [0.717, 1.165) is 19.4 Å². The van der Waals surface area contributed by atoms with Crippen LogP contribution in [-0.2, 0) is 24.4 Å². The quantitative estimate of drug-likeness (QED) is 0.487. The van der Waals surface area contributed by atoms with Crippen molar-refractivity contribution in [3.63, 3.8) is 0 Å². The number of nitrogens with zero attached hydrogens (tertiary/aromatic N) is 1. The van der Waals surface area contributed by atoms with Gasteiger partial charge in [0.2, 0.25) is 0 Å². The van der Waals surface area contributed by atoms with Crippen molar-refractivity contribution < 1.29 is 17.9 Å². The van der Waals surface area contributed by atoms with E-state index in [2.05, 4.69) is 109 Å². The van der Waals surface area contributed by atoms with Crippen LogP contribution in [0.5, 0.6) is 0 Å². The van der Waals surface area contributed by atoms with Crippen LogP contribution in [0.1, 0.15) is 59.9 Å². The summed E-state index contributed by atoms with van der Waals surface area (Å²) in [6.45, 7) is 15.3. The molecule has 0 unspecified atom stereocenters. The molecule has 0 saturated carbocycles. The molecule has 0 amide bonds. The van der Waals surface area contributed by atoms with Crippen LogP contribution >= 0.6 is 0 Å². The second kappa shape index (κ2) is 8.54. The number of hydrogen-bond donors (Lipinski definition) is 0. The summed E-state index contributed by atoms with van der Waals surface area (Å²) in [4.78, 5) is 2.31. The molecule has 2 aliphatic rings. The van der Waals surface area contributed by atoms with Crippen molar-refractivity contribution >= 4 is 3.87 Å². The molecule has 1 aromatic carbocycles. The Kier molecular flexibility index (Phi) is 6.63. The number of benzene rings is 1. The van der Waals surface area contributed by atoms with Crippen molar-refractivity contribution in [1.82, 2.24) is 4.90 Å². The van der Waals surface area contributed by atoms with Gasteiger partial charge in [0, 0.05) is 0 Å². The molecule has 0 N–H and O–H groups in total. The average molecular weight is 424 g/mol. The van der Waals surface area contributed by atoms with Gasteiger partial charge in [-0.05, 0) is 0 Å². The summed E-state index contributed by atoms with van der Waals surface area (Å²) in [5, 5.41) is 0. The Morgan fingerprint density at radius 3 is 1.72 bits per heavy atom.